The van der Waals surface area contributed by atoms with Gasteiger partial charge in [-0.2, -0.15) is 0 Å². The molecule has 1 N–H and O–H groups in total. The van der Waals surface area contributed by atoms with Crippen LogP contribution in [0.3, 0.4) is 0 Å². The molecule has 0 radical (unpaired) electrons. The quantitative estimate of drug-likeness (QED) is 0.834. The van der Waals surface area contributed by atoms with E-state index < -0.39 is 0 Å². The predicted octanol–water partition coefficient (Wildman–Crippen LogP) is 2.73. The fraction of sp³-hybridized carbons (Fsp3) is 0.647. The lowest BCUT2D eigenvalue weighted by atomic mass is 10.2. The normalized spacial score (nSPS) is 16.7. The van der Waals surface area contributed by atoms with E-state index in [-0.39, 0.29) is 5.82 Å². The van der Waals surface area contributed by atoms with E-state index in [0.29, 0.717) is 6.04 Å². The fourth-order valence-electron chi connectivity index (χ4n) is 2.89. The Labute approximate surface area is 128 Å². The SMILES string of the molecule is CCC(CC)NCCN1CCN(c2ccc(F)cc2)CC1. The van der Waals surface area contributed by atoms with Gasteiger partial charge in [-0.1, -0.05) is 13.8 Å². The predicted molar refractivity (Wildman–Crippen MR) is 87.4 cm³/mol. The van der Waals surface area contributed by atoms with Crippen LogP contribution in [0.25, 0.3) is 0 Å². The van der Waals surface area contributed by atoms with Gasteiger partial charge < -0.3 is 10.2 Å². The summed E-state index contributed by atoms with van der Waals surface area (Å²) >= 11 is 0. The van der Waals surface area contributed by atoms with Crippen LogP contribution in [-0.4, -0.2) is 50.2 Å². The van der Waals surface area contributed by atoms with Crippen molar-refractivity contribution in [3.8, 4) is 0 Å². The molecule has 1 aliphatic heterocycles. The average molecular weight is 293 g/mol. The van der Waals surface area contributed by atoms with Crippen LogP contribution >= 0.6 is 0 Å². The first-order valence-electron chi connectivity index (χ1n) is 8.19. The molecule has 1 fully saturated rings. The molecule has 1 aromatic rings. The first kappa shape index (κ1) is 16.2. The van der Waals surface area contributed by atoms with Crippen LogP contribution in [0, 0.1) is 5.82 Å². The van der Waals surface area contributed by atoms with Crippen LogP contribution in [0.2, 0.25) is 0 Å². The van der Waals surface area contributed by atoms with Gasteiger partial charge in [-0.15, -0.1) is 0 Å². The second kappa shape index (κ2) is 8.35. The van der Waals surface area contributed by atoms with Crippen molar-refractivity contribution in [1.82, 2.24) is 10.2 Å². The summed E-state index contributed by atoms with van der Waals surface area (Å²) in [6.45, 7) is 10.9. The molecule has 4 heteroatoms. The van der Waals surface area contributed by atoms with Crippen molar-refractivity contribution in [2.24, 2.45) is 0 Å². The van der Waals surface area contributed by atoms with Crippen molar-refractivity contribution in [2.45, 2.75) is 32.7 Å². The number of hydrogen-bond donors (Lipinski definition) is 1. The summed E-state index contributed by atoms with van der Waals surface area (Å²) in [7, 11) is 0. The average Bonchev–Trinajstić information content (AvgIpc) is 2.53. The van der Waals surface area contributed by atoms with Crippen LogP contribution < -0.4 is 10.2 Å². The molecule has 0 aromatic heterocycles. The first-order chi connectivity index (χ1) is 10.2. The molecule has 0 atom stereocenters. The number of halogens is 1. The Morgan fingerprint density at radius 1 is 1.05 bits per heavy atom. The van der Waals surface area contributed by atoms with E-state index in [1.54, 1.807) is 12.1 Å². The molecule has 3 nitrogen and oxygen atoms in total. The van der Waals surface area contributed by atoms with Crippen molar-refractivity contribution >= 4 is 5.69 Å². The molecule has 1 saturated heterocycles. The molecule has 1 aromatic carbocycles. The Bertz CT molecular complexity index is 395. The minimum atomic E-state index is -0.162. The molecular formula is C17H28FN3. The van der Waals surface area contributed by atoms with Gasteiger partial charge in [-0.05, 0) is 37.1 Å². The summed E-state index contributed by atoms with van der Waals surface area (Å²) in [4.78, 5) is 4.85. The number of anilines is 1. The van der Waals surface area contributed by atoms with E-state index in [4.69, 9.17) is 0 Å². The van der Waals surface area contributed by atoms with Gasteiger partial charge in [0.2, 0.25) is 0 Å². The number of nitrogens with zero attached hydrogens (tertiary/aromatic N) is 2. The summed E-state index contributed by atoms with van der Waals surface area (Å²) in [6.07, 6.45) is 2.41. The lowest BCUT2D eigenvalue weighted by molar-refractivity contribution is 0.253. The fourth-order valence-corrected chi connectivity index (χ4v) is 2.89. The maximum absolute atomic E-state index is 12.9. The molecule has 0 unspecified atom stereocenters. The van der Waals surface area contributed by atoms with Crippen molar-refractivity contribution in [2.75, 3.05) is 44.2 Å². The van der Waals surface area contributed by atoms with E-state index in [2.05, 4.69) is 29.0 Å². The molecule has 0 saturated carbocycles. The molecular weight excluding hydrogens is 265 g/mol. The van der Waals surface area contributed by atoms with Gasteiger partial charge in [0, 0.05) is 51.0 Å². The number of rotatable bonds is 7. The van der Waals surface area contributed by atoms with Crippen molar-refractivity contribution in [1.29, 1.82) is 0 Å². The van der Waals surface area contributed by atoms with Gasteiger partial charge in [0.05, 0.1) is 0 Å². The highest BCUT2D eigenvalue weighted by atomic mass is 19.1. The van der Waals surface area contributed by atoms with Crippen LogP contribution in [0.5, 0.6) is 0 Å². The highest BCUT2D eigenvalue weighted by molar-refractivity contribution is 5.46. The summed E-state index contributed by atoms with van der Waals surface area (Å²) in [6, 6.07) is 7.49. The van der Waals surface area contributed by atoms with Crippen LogP contribution in [-0.2, 0) is 0 Å². The third-order valence-corrected chi connectivity index (χ3v) is 4.41. The molecule has 1 aliphatic rings. The molecule has 21 heavy (non-hydrogen) atoms. The molecule has 0 bridgehead atoms. The second-order valence-electron chi connectivity index (χ2n) is 5.77. The highest BCUT2D eigenvalue weighted by Crippen LogP contribution is 2.16. The Hall–Kier alpha value is -1.13. The third kappa shape index (κ3) is 4.97. The third-order valence-electron chi connectivity index (χ3n) is 4.41. The Kier molecular flexibility index (Phi) is 6.46. The Balaban J connectivity index is 1.69. The van der Waals surface area contributed by atoms with E-state index in [1.807, 2.05) is 12.1 Å². The smallest absolute Gasteiger partial charge is 0.123 e. The van der Waals surface area contributed by atoms with Gasteiger partial charge in [0.1, 0.15) is 5.82 Å². The summed E-state index contributed by atoms with van der Waals surface area (Å²) in [5.41, 5.74) is 1.13. The van der Waals surface area contributed by atoms with Gasteiger partial charge in [-0.25, -0.2) is 4.39 Å². The zero-order valence-electron chi connectivity index (χ0n) is 13.3. The maximum atomic E-state index is 12.9. The zero-order chi connectivity index (χ0) is 15.1. The summed E-state index contributed by atoms with van der Waals surface area (Å²) in [5, 5.41) is 3.62. The minimum Gasteiger partial charge on any atom is -0.369 e. The van der Waals surface area contributed by atoms with E-state index >= 15 is 0 Å². The topological polar surface area (TPSA) is 18.5 Å². The largest absolute Gasteiger partial charge is 0.369 e. The molecule has 0 aliphatic carbocycles. The van der Waals surface area contributed by atoms with Crippen molar-refractivity contribution < 1.29 is 4.39 Å². The van der Waals surface area contributed by atoms with E-state index in [1.165, 1.54) is 12.8 Å². The first-order valence-corrected chi connectivity index (χ1v) is 8.19. The summed E-state index contributed by atoms with van der Waals surface area (Å²) < 4.78 is 12.9. The second-order valence-corrected chi connectivity index (χ2v) is 5.77. The number of benzene rings is 1. The maximum Gasteiger partial charge on any atom is 0.123 e. The van der Waals surface area contributed by atoms with Gasteiger partial charge in [0.25, 0.3) is 0 Å². The van der Waals surface area contributed by atoms with Crippen molar-refractivity contribution in [3.63, 3.8) is 0 Å². The van der Waals surface area contributed by atoms with E-state index in [9.17, 15) is 4.39 Å². The lowest BCUT2D eigenvalue weighted by Gasteiger charge is -2.36. The van der Waals surface area contributed by atoms with Gasteiger partial charge in [0.15, 0.2) is 0 Å². The lowest BCUT2D eigenvalue weighted by Crippen LogP contribution is -2.48. The Morgan fingerprint density at radius 3 is 2.24 bits per heavy atom. The minimum absolute atomic E-state index is 0.162. The van der Waals surface area contributed by atoms with E-state index in [0.717, 1.165) is 45.0 Å². The Morgan fingerprint density at radius 2 is 1.67 bits per heavy atom. The molecule has 1 heterocycles. The van der Waals surface area contributed by atoms with Gasteiger partial charge in [-0.3, -0.25) is 4.90 Å². The monoisotopic (exact) mass is 293 g/mol. The van der Waals surface area contributed by atoms with Crippen LogP contribution in [0.1, 0.15) is 26.7 Å². The standard InChI is InChI=1S/C17H28FN3/c1-3-16(4-2)19-9-10-20-11-13-21(14-12-20)17-7-5-15(18)6-8-17/h5-8,16,19H,3-4,9-14H2,1-2H3. The van der Waals surface area contributed by atoms with Crippen molar-refractivity contribution in [3.05, 3.63) is 30.1 Å². The van der Waals surface area contributed by atoms with Crippen LogP contribution in [0.15, 0.2) is 24.3 Å². The molecule has 0 amide bonds. The summed E-state index contributed by atoms with van der Waals surface area (Å²) in [5.74, 6) is -0.162. The van der Waals surface area contributed by atoms with Crippen LogP contribution in [0.4, 0.5) is 10.1 Å². The number of hydrogen-bond acceptors (Lipinski definition) is 3. The zero-order valence-corrected chi connectivity index (χ0v) is 13.3. The number of piperazine rings is 1. The molecule has 2 rings (SSSR count). The highest BCUT2D eigenvalue weighted by Gasteiger charge is 2.17. The molecule has 118 valence electrons. The van der Waals surface area contributed by atoms with Gasteiger partial charge >= 0.3 is 0 Å². The molecule has 0 spiro atoms. The number of nitrogens with one attached hydrogen (secondary N) is 1.